The zero-order valence-corrected chi connectivity index (χ0v) is 92.6. The zero-order valence-electron chi connectivity index (χ0n) is 76.6. The summed E-state index contributed by atoms with van der Waals surface area (Å²) in [6.45, 7) is 54.1. The summed E-state index contributed by atoms with van der Waals surface area (Å²) in [5.41, 5.74) is 0.387. The van der Waals surface area contributed by atoms with E-state index in [1.807, 2.05) is 36.4 Å². The van der Waals surface area contributed by atoms with Crippen LogP contribution < -0.4 is 51.9 Å². The fraction of sp³-hybridized carbons (Fsp3) is 0.300. The first-order chi connectivity index (χ1) is 57.5. The number of esters is 1. The van der Waals surface area contributed by atoms with E-state index >= 15 is 0 Å². The maximum absolute atomic E-state index is 12.0. The Kier molecular flexibility index (Phi) is 32.8. The van der Waals surface area contributed by atoms with E-state index in [2.05, 4.69) is 424 Å². The van der Waals surface area contributed by atoms with Crippen molar-refractivity contribution in [2.75, 3.05) is 6.61 Å². The number of ether oxygens (including phenoxy) is 1. The summed E-state index contributed by atoms with van der Waals surface area (Å²) in [6, 6.07) is 106. The fourth-order valence-corrected chi connectivity index (χ4v) is 99.0. The molecule has 0 aliphatic rings. The smallest absolute Gasteiger partial charge is 0.390 e. The van der Waals surface area contributed by atoms with Gasteiger partial charge in [0.25, 0.3) is 0 Å². The monoisotopic (exact) mass is 1930 g/mol. The molecular weight excluding hydrogens is 1800 g/mol. The van der Waals surface area contributed by atoms with Gasteiger partial charge in [-0.3, -0.25) is 0 Å². The summed E-state index contributed by atoms with van der Waals surface area (Å²) in [5.74, 6) is -0.377. The van der Waals surface area contributed by atoms with Crippen LogP contribution in [0.3, 0.4) is 0 Å². The largest absolute Gasteiger partial charge is 0.462 e. The van der Waals surface area contributed by atoms with Gasteiger partial charge in [-0.25, -0.2) is 4.79 Å². The van der Waals surface area contributed by atoms with Crippen LogP contribution in [0.25, 0.3) is 0 Å². The summed E-state index contributed by atoms with van der Waals surface area (Å²) >= 11 is 0. The van der Waals surface area contributed by atoms with Crippen molar-refractivity contribution in [2.45, 2.75) is 170 Å². The van der Waals surface area contributed by atoms with Gasteiger partial charge in [-0.05, 0) is 222 Å². The molecular formula is C90H130O17Si16. The molecule has 0 saturated heterocycles. The highest BCUT2D eigenvalue weighted by Gasteiger charge is 2.66. The number of benzene rings is 10. The molecule has 10 rings (SSSR count). The van der Waals surface area contributed by atoms with E-state index in [0.29, 0.717) is 18.6 Å². The lowest BCUT2D eigenvalue weighted by Gasteiger charge is -2.51. The molecule has 0 unspecified atom stereocenters. The third-order valence-electron chi connectivity index (χ3n) is 19.5. The molecule has 10 aromatic carbocycles. The van der Waals surface area contributed by atoms with Gasteiger partial charge in [-0.15, -0.1) is 0 Å². The van der Waals surface area contributed by atoms with Crippen molar-refractivity contribution in [3.63, 3.8) is 0 Å². The SMILES string of the molecule is C=C(C)C(=O)OCCC[Si](C)(C)O[Si](C)(C)O[Si](C)(C)O[Si](C)(C)O[Si](C)(C)O[Si](C)(C)O[Si](C)(C)O[Si](C)(C)O[Si](C)(C)O[Si](C)(C)O[Si](O[Si](O[Si](O[Si](O[Si](O[Si](C)(C)C)(c1ccccc1)c1ccccc1)(c1ccccc1)c1ccccc1)(c1ccccc1)c1ccccc1)(c1ccccc1)c1ccccc1)(c1ccccc1)c1ccccc1. The van der Waals surface area contributed by atoms with E-state index in [9.17, 15) is 13.0 Å². The third-order valence-corrected chi connectivity index (χ3v) is 83.5. The molecule has 0 aliphatic heterocycles. The van der Waals surface area contributed by atoms with Crippen LogP contribution in [0.5, 0.6) is 0 Å². The molecule has 0 fully saturated rings. The zero-order chi connectivity index (χ0) is 89.7. The molecule has 0 heterocycles. The molecule has 0 aliphatic carbocycles. The molecule has 0 bridgehead atoms. The Labute approximate surface area is 751 Å². The Hall–Kier alpha value is -5.72. The Morgan fingerprint density at radius 2 is 0.374 bits per heavy atom. The maximum atomic E-state index is 12.0. The van der Waals surface area contributed by atoms with Crippen LogP contribution >= 0.6 is 0 Å². The first-order valence-corrected chi connectivity index (χ1v) is 83.3. The van der Waals surface area contributed by atoms with Crippen molar-refractivity contribution in [1.82, 2.24) is 0 Å². The quantitative estimate of drug-likeness (QED) is 0.0153. The lowest BCUT2D eigenvalue weighted by atomic mass is 10.4. The molecule has 0 aromatic heterocycles. The Morgan fingerprint density at radius 1 is 0.220 bits per heavy atom. The minimum atomic E-state index is -4.68. The Morgan fingerprint density at radius 3 is 0.545 bits per heavy atom. The van der Waals surface area contributed by atoms with Gasteiger partial charge in [-0.1, -0.05) is 310 Å². The van der Waals surface area contributed by atoms with E-state index in [0.717, 1.165) is 57.9 Å². The predicted molar refractivity (Wildman–Crippen MR) is 539 cm³/mol. The number of carbonyl (C=O) groups excluding carboxylic acids is 1. The van der Waals surface area contributed by atoms with Crippen LogP contribution in [0.2, 0.25) is 157 Å². The molecule has 0 amide bonds. The molecule has 123 heavy (non-hydrogen) atoms. The standard InChI is InChI=1S/C90H130O17Si16/c1-79(2)90(91)92-77-56-78-109(6,7)94-110(8,9)95-111(10,11)96-112(12,13)97-113(14,15)98-114(16,17)99-115(18,19)100-116(20,21)101-117(22,23)102-118(24,25)103-120(82-61-40-28-41-62-82,83-63-42-29-43-64-83)105-122(86-69-48-32-49-70-86,87-71-50-33-51-72-87)107-123(88-73-52-34-53-74-88,89-75-54-35-55-76-89)106-121(84-65-44-30-45-66-84,85-67-46-31-47-68-85)104-119(93-108(3,4)5,80-57-36-26-37-58-80)81-59-38-27-39-60-81/h26-55,57-76H,1,56,77-78H2,2-25H3. The second kappa shape index (κ2) is 40.5. The summed E-state index contributed by atoms with van der Waals surface area (Å²) in [5, 5.41) is 8.51. The van der Waals surface area contributed by atoms with Gasteiger partial charge < -0.3 is 66.5 Å². The van der Waals surface area contributed by atoms with Crippen molar-refractivity contribution in [3.05, 3.63) is 315 Å². The highest BCUT2D eigenvalue weighted by atomic mass is 28.5. The molecule has 33 heteroatoms. The van der Waals surface area contributed by atoms with Crippen LogP contribution in [0, 0.1) is 0 Å². The molecule has 17 nitrogen and oxygen atoms in total. The van der Waals surface area contributed by atoms with E-state index in [1.54, 1.807) is 6.92 Å². The van der Waals surface area contributed by atoms with Gasteiger partial charge in [0.1, 0.15) is 0 Å². The van der Waals surface area contributed by atoms with E-state index in [4.69, 9.17) is 58.2 Å². The fourth-order valence-electron chi connectivity index (χ4n) is 16.7. The lowest BCUT2D eigenvalue weighted by Crippen LogP contribution is -2.85. The highest BCUT2D eigenvalue weighted by molar-refractivity contribution is 7.15. The van der Waals surface area contributed by atoms with Crippen molar-refractivity contribution in [2.24, 2.45) is 0 Å². The summed E-state index contributed by atoms with van der Waals surface area (Å²) in [4.78, 5) is 12.0. The van der Waals surface area contributed by atoms with Crippen LogP contribution in [0.1, 0.15) is 13.3 Å². The Bertz CT molecular complexity index is 4800. The van der Waals surface area contributed by atoms with Crippen molar-refractivity contribution >= 4 is 194 Å². The van der Waals surface area contributed by atoms with Crippen LogP contribution in [-0.4, -0.2) is 149 Å². The molecule has 0 saturated carbocycles. The van der Waals surface area contributed by atoms with E-state index < -0.39 is 136 Å². The van der Waals surface area contributed by atoms with Gasteiger partial charge >= 0.3 is 126 Å². The molecule has 0 spiro atoms. The van der Waals surface area contributed by atoms with Gasteiger partial charge in [0.05, 0.1) is 6.61 Å². The highest BCUT2D eigenvalue weighted by Crippen LogP contribution is 2.36. The second-order valence-corrected chi connectivity index (χ2v) is 94.4. The number of carbonyl (C=O) groups is 1. The van der Waals surface area contributed by atoms with Gasteiger partial charge in [-0.2, -0.15) is 0 Å². The van der Waals surface area contributed by atoms with Crippen molar-refractivity contribution < 1.29 is 71.3 Å². The first kappa shape index (κ1) is 99.4. The molecule has 0 radical (unpaired) electrons. The van der Waals surface area contributed by atoms with Crippen LogP contribution in [0.4, 0.5) is 0 Å². The van der Waals surface area contributed by atoms with Crippen molar-refractivity contribution in [1.29, 1.82) is 0 Å². The molecule has 656 valence electrons. The average molecular weight is 1930 g/mol. The minimum Gasteiger partial charge on any atom is -0.462 e. The van der Waals surface area contributed by atoms with E-state index in [-0.39, 0.29) is 5.97 Å². The van der Waals surface area contributed by atoms with Gasteiger partial charge in [0.2, 0.25) is 0 Å². The molecule has 0 atom stereocenters. The summed E-state index contributed by atoms with van der Waals surface area (Å²) in [7, 11) is -55.0. The third kappa shape index (κ3) is 27.2. The minimum absolute atomic E-state index is 0.318. The first-order valence-electron chi connectivity index (χ1n) is 42.4. The van der Waals surface area contributed by atoms with Crippen LogP contribution in [-0.2, 0) is 71.3 Å². The molecule has 10 aromatic rings. The maximum Gasteiger partial charge on any atom is 0.390 e. The number of hydrogen-bond donors (Lipinski definition) is 0. The summed E-state index contributed by atoms with van der Waals surface area (Å²) in [6.07, 6.45) is 0.697. The average Bonchev–Trinajstić information content (AvgIpc) is 0.705. The normalized spacial score (nSPS) is 13.7. The lowest BCUT2D eigenvalue weighted by molar-refractivity contribution is -0.138. The number of rotatable bonds is 45. The number of hydrogen-bond acceptors (Lipinski definition) is 17. The van der Waals surface area contributed by atoms with E-state index in [1.165, 1.54) is 0 Å². The predicted octanol–water partition coefficient (Wildman–Crippen LogP) is 16.4. The molecule has 0 N–H and O–H groups in total. The van der Waals surface area contributed by atoms with Crippen LogP contribution in [0.15, 0.2) is 315 Å². The van der Waals surface area contributed by atoms with Gasteiger partial charge in [0, 0.05) is 5.57 Å². The Balaban J connectivity index is 1.05. The summed E-state index contributed by atoms with van der Waals surface area (Å²) < 4.78 is 123. The van der Waals surface area contributed by atoms with Gasteiger partial charge in [0.15, 0.2) is 16.6 Å². The van der Waals surface area contributed by atoms with Crippen molar-refractivity contribution in [3.8, 4) is 0 Å². The topological polar surface area (TPSA) is 165 Å². The second-order valence-electron chi connectivity index (χ2n) is 36.8.